The molecule has 2 heterocycles. The van der Waals surface area contributed by atoms with Crippen molar-refractivity contribution in [3.63, 3.8) is 0 Å². The average molecular weight is 415 g/mol. The van der Waals surface area contributed by atoms with Crippen molar-refractivity contribution in [1.82, 2.24) is 9.38 Å². The number of ether oxygens (including phenoxy) is 2. The van der Waals surface area contributed by atoms with Gasteiger partial charge in [-0.05, 0) is 48.4 Å². The van der Waals surface area contributed by atoms with Gasteiger partial charge in [-0.25, -0.2) is 4.98 Å². The highest BCUT2D eigenvalue weighted by atomic mass is 16.5. The third-order valence-corrected chi connectivity index (χ3v) is 5.19. The molecule has 158 valence electrons. The number of aryl methyl sites for hydroxylation is 1. The normalized spacial score (nSPS) is 10.8. The van der Waals surface area contributed by atoms with Crippen molar-refractivity contribution < 1.29 is 14.3 Å². The Balaban J connectivity index is 1.67. The highest BCUT2D eigenvalue weighted by Gasteiger charge is 2.22. The number of aromatic nitrogens is 2. The number of pyridine rings is 1. The van der Waals surface area contributed by atoms with Gasteiger partial charge in [-0.1, -0.05) is 37.3 Å². The first kappa shape index (κ1) is 20.5. The Morgan fingerprint density at radius 2 is 1.77 bits per heavy atom. The average Bonchev–Trinajstić information content (AvgIpc) is 3.21. The molecule has 1 amide bonds. The zero-order valence-electron chi connectivity index (χ0n) is 17.9. The van der Waals surface area contributed by atoms with E-state index in [1.807, 2.05) is 60.0 Å². The largest absolute Gasteiger partial charge is 0.497 e. The molecule has 2 aromatic carbocycles. The highest BCUT2D eigenvalue weighted by molar-refractivity contribution is 6.05. The molecule has 0 aliphatic carbocycles. The van der Waals surface area contributed by atoms with Crippen LogP contribution in [0.25, 0.3) is 5.65 Å². The van der Waals surface area contributed by atoms with Crippen molar-refractivity contribution in [2.75, 3.05) is 19.1 Å². The standard InChI is InChI=1S/C25H25N3O3/c1-4-21-24(27(2)25(29)19-12-14-20(30-3)15-13-19)28-16-8-11-22(23(28)26-21)31-17-18-9-6-5-7-10-18/h5-16H,4,17H2,1-3H3. The molecular weight excluding hydrogens is 390 g/mol. The van der Waals surface area contributed by atoms with E-state index in [2.05, 4.69) is 0 Å². The molecule has 6 heteroatoms. The second-order valence-corrected chi connectivity index (χ2v) is 7.17. The first-order chi connectivity index (χ1) is 15.1. The van der Waals surface area contributed by atoms with E-state index in [1.165, 1.54) is 0 Å². The second kappa shape index (κ2) is 8.92. The van der Waals surface area contributed by atoms with Crippen LogP contribution < -0.4 is 14.4 Å². The van der Waals surface area contributed by atoms with E-state index in [1.54, 1.807) is 43.3 Å². The lowest BCUT2D eigenvalue weighted by Gasteiger charge is -2.18. The summed E-state index contributed by atoms with van der Waals surface area (Å²) in [6.07, 6.45) is 2.60. The number of rotatable bonds is 7. The fraction of sp³-hybridized carbons (Fsp3) is 0.200. The summed E-state index contributed by atoms with van der Waals surface area (Å²) in [7, 11) is 3.37. The van der Waals surface area contributed by atoms with Crippen LogP contribution >= 0.6 is 0 Å². The Kier molecular flexibility index (Phi) is 5.89. The zero-order valence-corrected chi connectivity index (χ0v) is 17.9. The molecule has 0 spiro atoms. The van der Waals surface area contributed by atoms with Gasteiger partial charge in [-0.2, -0.15) is 0 Å². The first-order valence-corrected chi connectivity index (χ1v) is 10.2. The molecule has 0 fully saturated rings. The van der Waals surface area contributed by atoms with Gasteiger partial charge in [-0.3, -0.25) is 14.1 Å². The molecule has 4 aromatic rings. The second-order valence-electron chi connectivity index (χ2n) is 7.17. The van der Waals surface area contributed by atoms with Gasteiger partial charge in [0.2, 0.25) is 0 Å². The number of hydrogen-bond acceptors (Lipinski definition) is 4. The Morgan fingerprint density at radius 1 is 1.03 bits per heavy atom. The Labute approximate surface area is 181 Å². The van der Waals surface area contributed by atoms with E-state index >= 15 is 0 Å². The molecule has 6 nitrogen and oxygen atoms in total. The molecule has 0 aliphatic rings. The molecule has 0 saturated carbocycles. The van der Waals surface area contributed by atoms with Gasteiger partial charge in [0, 0.05) is 18.8 Å². The van der Waals surface area contributed by atoms with Crippen LogP contribution in [0.2, 0.25) is 0 Å². The van der Waals surface area contributed by atoms with Gasteiger partial charge < -0.3 is 9.47 Å². The van der Waals surface area contributed by atoms with Gasteiger partial charge in [-0.15, -0.1) is 0 Å². The minimum atomic E-state index is -0.116. The van der Waals surface area contributed by atoms with Crippen LogP contribution in [0.1, 0.15) is 28.5 Å². The fourth-order valence-corrected chi connectivity index (χ4v) is 3.54. The lowest BCUT2D eigenvalue weighted by molar-refractivity contribution is 0.0992. The Hall–Kier alpha value is -3.80. The highest BCUT2D eigenvalue weighted by Crippen LogP contribution is 2.29. The number of carbonyl (C=O) groups excluding carboxylic acids is 1. The number of imidazole rings is 1. The molecule has 0 N–H and O–H groups in total. The van der Waals surface area contributed by atoms with Gasteiger partial charge in [0.15, 0.2) is 11.4 Å². The fourth-order valence-electron chi connectivity index (χ4n) is 3.54. The molecule has 0 bridgehead atoms. The lowest BCUT2D eigenvalue weighted by Crippen LogP contribution is -2.28. The SMILES string of the molecule is CCc1nc2c(OCc3ccccc3)cccn2c1N(C)C(=O)c1ccc(OC)cc1. The van der Waals surface area contributed by atoms with Gasteiger partial charge >= 0.3 is 0 Å². The van der Waals surface area contributed by atoms with E-state index in [4.69, 9.17) is 14.5 Å². The van der Waals surface area contributed by atoms with Crippen LogP contribution in [-0.2, 0) is 13.0 Å². The number of nitrogens with zero attached hydrogens (tertiary/aromatic N) is 3. The van der Waals surface area contributed by atoms with Crippen LogP contribution in [0.3, 0.4) is 0 Å². The first-order valence-electron chi connectivity index (χ1n) is 10.2. The Morgan fingerprint density at radius 3 is 2.45 bits per heavy atom. The molecule has 4 rings (SSSR count). The zero-order chi connectivity index (χ0) is 21.8. The molecule has 0 atom stereocenters. The number of methoxy groups -OCH3 is 1. The predicted molar refractivity (Wildman–Crippen MR) is 121 cm³/mol. The van der Waals surface area contributed by atoms with Gasteiger partial charge in [0.25, 0.3) is 5.91 Å². The minimum Gasteiger partial charge on any atom is -0.497 e. The monoisotopic (exact) mass is 415 g/mol. The quantitative estimate of drug-likeness (QED) is 0.437. The summed E-state index contributed by atoms with van der Waals surface area (Å²) in [5.41, 5.74) is 3.19. The number of amides is 1. The number of benzene rings is 2. The molecule has 31 heavy (non-hydrogen) atoms. The van der Waals surface area contributed by atoms with E-state index < -0.39 is 0 Å². The summed E-state index contributed by atoms with van der Waals surface area (Å²) in [5, 5.41) is 0. The van der Waals surface area contributed by atoms with E-state index in [-0.39, 0.29) is 5.91 Å². The van der Waals surface area contributed by atoms with Crippen molar-refractivity contribution in [3.05, 3.63) is 89.7 Å². The van der Waals surface area contributed by atoms with E-state index in [9.17, 15) is 4.79 Å². The maximum absolute atomic E-state index is 13.2. The van der Waals surface area contributed by atoms with Crippen molar-refractivity contribution in [1.29, 1.82) is 0 Å². The molecule has 0 saturated heterocycles. The number of anilines is 1. The summed E-state index contributed by atoms with van der Waals surface area (Å²) in [5.74, 6) is 2.01. The number of hydrogen-bond donors (Lipinski definition) is 0. The van der Waals surface area contributed by atoms with Crippen molar-refractivity contribution >= 4 is 17.4 Å². The summed E-state index contributed by atoms with van der Waals surface area (Å²) in [6, 6.07) is 20.9. The van der Waals surface area contributed by atoms with Crippen LogP contribution in [0.5, 0.6) is 11.5 Å². The summed E-state index contributed by atoms with van der Waals surface area (Å²) >= 11 is 0. The predicted octanol–water partition coefficient (Wildman–Crippen LogP) is 4.76. The van der Waals surface area contributed by atoms with E-state index in [0.29, 0.717) is 35.7 Å². The number of fused-ring (bicyclic) bond motifs is 1. The van der Waals surface area contributed by atoms with Gasteiger partial charge in [0.1, 0.15) is 18.2 Å². The molecule has 2 aromatic heterocycles. The molecule has 0 aliphatic heterocycles. The summed E-state index contributed by atoms with van der Waals surface area (Å²) in [6.45, 7) is 2.48. The third kappa shape index (κ3) is 4.10. The smallest absolute Gasteiger partial charge is 0.259 e. The maximum atomic E-state index is 13.2. The maximum Gasteiger partial charge on any atom is 0.259 e. The van der Waals surface area contributed by atoms with Crippen LogP contribution in [0.4, 0.5) is 5.82 Å². The van der Waals surface area contributed by atoms with Crippen LogP contribution in [0.15, 0.2) is 72.9 Å². The van der Waals surface area contributed by atoms with Crippen LogP contribution in [-0.4, -0.2) is 29.4 Å². The third-order valence-electron chi connectivity index (χ3n) is 5.19. The Bertz CT molecular complexity index is 1180. The van der Waals surface area contributed by atoms with E-state index in [0.717, 1.165) is 17.1 Å². The topological polar surface area (TPSA) is 56.1 Å². The minimum absolute atomic E-state index is 0.116. The molecule has 0 radical (unpaired) electrons. The summed E-state index contributed by atoms with van der Waals surface area (Å²) in [4.78, 5) is 19.6. The number of carbonyl (C=O) groups is 1. The van der Waals surface area contributed by atoms with Crippen molar-refractivity contribution in [3.8, 4) is 11.5 Å². The van der Waals surface area contributed by atoms with Crippen molar-refractivity contribution in [2.24, 2.45) is 0 Å². The lowest BCUT2D eigenvalue weighted by atomic mass is 10.2. The van der Waals surface area contributed by atoms with Crippen LogP contribution in [0, 0.1) is 0 Å². The summed E-state index contributed by atoms with van der Waals surface area (Å²) < 4.78 is 13.2. The van der Waals surface area contributed by atoms with Crippen molar-refractivity contribution in [2.45, 2.75) is 20.0 Å². The molecule has 0 unspecified atom stereocenters. The van der Waals surface area contributed by atoms with Gasteiger partial charge in [0.05, 0.1) is 12.8 Å². The molecular formula is C25H25N3O3.